The molecule has 2 aliphatic heterocycles. The van der Waals surface area contributed by atoms with Crippen LogP contribution in [0.15, 0.2) is 28.1 Å². The molecule has 3 nitrogen and oxygen atoms in total. The second-order valence-corrected chi connectivity index (χ2v) is 10.0. The van der Waals surface area contributed by atoms with E-state index in [2.05, 4.69) is 70.1 Å². The van der Waals surface area contributed by atoms with Gasteiger partial charge in [-0.05, 0) is 41.4 Å². The number of fused-ring (bicyclic) bond motifs is 1. The maximum Gasteiger partial charge on any atom is 0.123 e. The summed E-state index contributed by atoms with van der Waals surface area (Å²) in [6.07, 6.45) is 1.87. The fourth-order valence-electron chi connectivity index (χ4n) is 3.58. The van der Waals surface area contributed by atoms with E-state index in [0.29, 0.717) is 5.75 Å². The van der Waals surface area contributed by atoms with Crippen molar-refractivity contribution in [2.45, 2.75) is 65.2 Å². The lowest BCUT2D eigenvalue weighted by Crippen LogP contribution is -2.24. The molecule has 26 heavy (non-hydrogen) atoms. The van der Waals surface area contributed by atoms with Crippen LogP contribution in [0.1, 0.15) is 71.1 Å². The molecule has 1 aromatic rings. The van der Waals surface area contributed by atoms with E-state index < -0.39 is 0 Å². The highest BCUT2D eigenvalue weighted by molar-refractivity contribution is 8.06. The number of nitriles is 1. The van der Waals surface area contributed by atoms with E-state index in [1.54, 1.807) is 11.8 Å². The van der Waals surface area contributed by atoms with Gasteiger partial charge in [0.1, 0.15) is 5.75 Å². The Hall–Kier alpha value is -1.86. The number of phenols is 1. The number of thioether (sulfide) groups is 1. The summed E-state index contributed by atoms with van der Waals surface area (Å²) in [7, 11) is 0. The Balaban J connectivity index is 2.17. The molecular formula is C22H28N2OS. The summed E-state index contributed by atoms with van der Waals surface area (Å²) >= 11 is 1.65. The van der Waals surface area contributed by atoms with E-state index in [4.69, 9.17) is 0 Å². The maximum absolute atomic E-state index is 10.9. The summed E-state index contributed by atoms with van der Waals surface area (Å²) in [6.45, 7) is 13.8. The molecule has 1 aromatic carbocycles. The van der Waals surface area contributed by atoms with Crippen LogP contribution >= 0.6 is 11.8 Å². The number of phenolic OH excluding ortho intramolecular Hbond substituents is 1. The third kappa shape index (κ3) is 3.25. The monoisotopic (exact) mass is 368 g/mol. The summed E-state index contributed by atoms with van der Waals surface area (Å²) in [5, 5.41) is 23.6. The molecule has 0 aromatic heterocycles. The zero-order valence-corrected chi connectivity index (χ0v) is 17.4. The number of hydrogen-bond donors (Lipinski definition) is 1. The van der Waals surface area contributed by atoms with Crippen molar-refractivity contribution in [1.82, 2.24) is 4.90 Å². The van der Waals surface area contributed by atoms with Crippen molar-refractivity contribution in [2.75, 3.05) is 6.54 Å². The Labute approximate surface area is 161 Å². The van der Waals surface area contributed by atoms with Gasteiger partial charge in [-0.3, -0.25) is 0 Å². The van der Waals surface area contributed by atoms with Crippen LogP contribution in [0.25, 0.3) is 5.70 Å². The molecule has 0 atom stereocenters. The van der Waals surface area contributed by atoms with Gasteiger partial charge in [-0.2, -0.15) is 5.26 Å². The van der Waals surface area contributed by atoms with Gasteiger partial charge in [0.15, 0.2) is 0 Å². The SMILES string of the molecule is CC(C)(C)c1cc(C2=CSC3=C(C#N)CCCN23)cc(C(C)(C)C)c1O. The minimum absolute atomic E-state index is 0.148. The molecule has 4 heteroatoms. The van der Waals surface area contributed by atoms with Crippen molar-refractivity contribution in [3.8, 4) is 11.8 Å². The molecule has 0 amide bonds. The number of hydrogen-bond acceptors (Lipinski definition) is 4. The van der Waals surface area contributed by atoms with Crippen molar-refractivity contribution in [2.24, 2.45) is 0 Å². The van der Waals surface area contributed by atoms with Crippen molar-refractivity contribution >= 4 is 17.5 Å². The predicted octanol–water partition coefficient (Wildman–Crippen LogP) is 5.86. The van der Waals surface area contributed by atoms with Gasteiger partial charge in [0, 0.05) is 23.1 Å². The second-order valence-electron chi connectivity index (χ2n) is 9.19. The zero-order valence-electron chi connectivity index (χ0n) is 16.6. The van der Waals surface area contributed by atoms with Crippen molar-refractivity contribution in [1.29, 1.82) is 5.26 Å². The first-order valence-electron chi connectivity index (χ1n) is 9.20. The first-order valence-corrected chi connectivity index (χ1v) is 10.1. The van der Waals surface area contributed by atoms with Gasteiger partial charge in [-0.25, -0.2) is 0 Å². The summed E-state index contributed by atoms with van der Waals surface area (Å²) in [4.78, 5) is 2.28. The number of benzene rings is 1. The molecule has 0 spiro atoms. The average Bonchev–Trinajstić information content (AvgIpc) is 2.97. The Morgan fingerprint density at radius 1 is 1.08 bits per heavy atom. The molecule has 0 bridgehead atoms. The average molecular weight is 369 g/mol. The normalized spacial score (nSPS) is 17.9. The van der Waals surface area contributed by atoms with Crippen LogP contribution in [0.5, 0.6) is 5.75 Å². The maximum atomic E-state index is 10.9. The lowest BCUT2D eigenvalue weighted by Gasteiger charge is -2.31. The van der Waals surface area contributed by atoms with Gasteiger partial charge in [-0.15, -0.1) is 0 Å². The lowest BCUT2D eigenvalue weighted by molar-refractivity contribution is 0.422. The highest BCUT2D eigenvalue weighted by Gasteiger charge is 2.32. The Bertz CT molecular complexity index is 809. The van der Waals surface area contributed by atoms with E-state index >= 15 is 0 Å². The van der Waals surface area contributed by atoms with Gasteiger partial charge in [0.25, 0.3) is 0 Å². The first kappa shape index (κ1) is 18.9. The van der Waals surface area contributed by atoms with Crippen LogP contribution in [-0.4, -0.2) is 16.6 Å². The number of rotatable bonds is 1. The first-order chi connectivity index (χ1) is 12.0. The molecule has 0 saturated carbocycles. The minimum atomic E-state index is -0.148. The fraction of sp³-hybridized carbons (Fsp3) is 0.500. The van der Waals surface area contributed by atoms with Crippen molar-refractivity contribution < 1.29 is 5.11 Å². The summed E-state index contributed by atoms with van der Waals surface area (Å²) in [6, 6.07) is 6.62. The lowest BCUT2D eigenvalue weighted by atomic mass is 9.78. The number of allylic oxidation sites excluding steroid dienone is 1. The van der Waals surface area contributed by atoms with E-state index in [-0.39, 0.29) is 10.8 Å². The van der Waals surface area contributed by atoms with Gasteiger partial charge in [-0.1, -0.05) is 53.3 Å². The summed E-state index contributed by atoms with van der Waals surface area (Å²) < 4.78 is 0. The van der Waals surface area contributed by atoms with Gasteiger partial charge >= 0.3 is 0 Å². The molecule has 0 saturated heterocycles. The molecule has 0 radical (unpaired) electrons. The fourth-order valence-corrected chi connectivity index (χ4v) is 4.67. The largest absolute Gasteiger partial charge is 0.507 e. The molecule has 2 aliphatic rings. The Morgan fingerprint density at radius 2 is 1.65 bits per heavy atom. The number of nitrogens with zero attached hydrogens (tertiary/aromatic N) is 2. The van der Waals surface area contributed by atoms with Gasteiger partial charge in [0.2, 0.25) is 0 Å². The Morgan fingerprint density at radius 3 is 2.15 bits per heavy atom. The molecule has 0 aliphatic carbocycles. The van der Waals surface area contributed by atoms with Crippen molar-refractivity contribution in [3.05, 3.63) is 44.8 Å². The molecule has 0 unspecified atom stereocenters. The van der Waals surface area contributed by atoms with Gasteiger partial charge < -0.3 is 10.0 Å². The summed E-state index contributed by atoms with van der Waals surface area (Å²) in [5.74, 6) is 0.409. The van der Waals surface area contributed by atoms with E-state index in [9.17, 15) is 10.4 Å². The number of aromatic hydroxyl groups is 1. The predicted molar refractivity (Wildman–Crippen MR) is 110 cm³/mol. The van der Waals surface area contributed by atoms with E-state index in [0.717, 1.165) is 52.4 Å². The topological polar surface area (TPSA) is 47.3 Å². The molecule has 2 heterocycles. The highest BCUT2D eigenvalue weighted by atomic mass is 32.2. The third-order valence-electron chi connectivity index (χ3n) is 5.04. The molecule has 3 rings (SSSR count). The standard InChI is InChI=1S/C22H28N2OS/c1-21(2,3)16-10-15(11-17(19(16)25)22(4,5)6)18-13-26-20-14(12-23)8-7-9-24(18)20/h10-11,13,25H,7-9H2,1-6H3. The van der Waals surface area contributed by atoms with Crippen LogP contribution in [0.3, 0.4) is 0 Å². The quantitative estimate of drug-likeness (QED) is 0.674. The Kier molecular flexibility index (Phi) is 4.65. The van der Waals surface area contributed by atoms with E-state index in [1.807, 2.05) is 0 Å². The smallest absolute Gasteiger partial charge is 0.123 e. The second kappa shape index (κ2) is 6.39. The molecular weight excluding hydrogens is 340 g/mol. The van der Waals surface area contributed by atoms with Crippen LogP contribution in [0, 0.1) is 11.3 Å². The molecule has 1 N–H and O–H groups in total. The highest BCUT2D eigenvalue weighted by Crippen LogP contribution is 2.47. The third-order valence-corrected chi connectivity index (χ3v) is 6.07. The van der Waals surface area contributed by atoms with Crippen LogP contribution in [0.2, 0.25) is 0 Å². The zero-order chi connectivity index (χ0) is 19.3. The van der Waals surface area contributed by atoms with E-state index in [1.165, 1.54) is 0 Å². The molecule has 138 valence electrons. The minimum Gasteiger partial charge on any atom is -0.507 e. The molecule has 0 fully saturated rings. The van der Waals surface area contributed by atoms with Crippen LogP contribution in [0.4, 0.5) is 0 Å². The van der Waals surface area contributed by atoms with Crippen LogP contribution in [-0.2, 0) is 10.8 Å². The summed E-state index contributed by atoms with van der Waals surface area (Å²) in [5.41, 5.74) is 4.81. The van der Waals surface area contributed by atoms with Crippen LogP contribution < -0.4 is 0 Å². The van der Waals surface area contributed by atoms with Crippen molar-refractivity contribution in [3.63, 3.8) is 0 Å². The van der Waals surface area contributed by atoms with Gasteiger partial charge in [0.05, 0.1) is 22.4 Å².